The monoisotopic (exact) mass is 317 g/mol. The average molecular weight is 317 g/mol. The third-order valence-electron chi connectivity index (χ3n) is 4.43. The number of thiazole rings is 1. The summed E-state index contributed by atoms with van der Waals surface area (Å²) < 4.78 is 11.4. The van der Waals surface area contributed by atoms with E-state index in [1.54, 1.807) is 24.6 Å². The van der Waals surface area contributed by atoms with Gasteiger partial charge in [0.2, 0.25) is 5.88 Å². The summed E-state index contributed by atoms with van der Waals surface area (Å²) in [4.78, 5) is 11.6. The molecule has 22 heavy (non-hydrogen) atoms. The lowest BCUT2D eigenvalue weighted by Gasteiger charge is -2.34. The van der Waals surface area contributed by atoms with Crippen LogP contribution < -0.4 is 4.74 Å². The van der Waals surface area contributed by atoms with Gasteiger partial charge in [0.15, 0.2) is 0 Å². The van der Waals surface area contributed by atoms with Gasteiger partial charge in [-0.3, -0.25) is 4.90 Å². The number of ether oxygens (including phenoxy) is 2. The summed E-state index contributed by atoms with van der Waals surface area (Å²) >= 11 is 1.66. The van der Waals surface area contributed by atoms with Crippen molar-refractivity contribution in [1.29, 1.82) is 0 Å². The molecule has 4 heterocycles. The molecule has 2 fully saturated rings. The topological polar surface area (TPSA) is 47.5 Å². The molecule has 2 saturated heterocycles. The molecular formula is C16H19N3O2S. The van der Waals surface area contributed by atoms with Crippen LogP contribution in [0.2, 0.25) is 0 Å². The zero-order valence-electron chi connectivity index (χ0n) is 12.6. The standard InChI is InChI=1S/C16H19N3O2S/c1-20-15-12(5-2-6-17-15)13-10-22-16(18-13)14-8-19-7-3-4-11(19)9-21-14/h2,5-6,10-11,14H,3-4,7-9H2,1H3. The van der Waals surface area contributed by atoms with Gasteiger partial charge in [0.1, 0.15) is 11.1 Å². The maximum Gasteiger partial charge on any atom is 0.222 e. The van der Waals surface area contributed by atoms with E-state index in [-0.39, 0.29) is 6.10 Å². The number of pyridine rings is 1. The van der Waals surface area contributed by atoms with E-state index in [2.05, 4.69) is 15.3 Å². The van der Waals surface area contributed by atoms with E-state index >= 15 is 0 Å². The lowest BCUT2D eigenvalue weighted by Crippen LogP contribution is -2.42. The molecule has 2 unspecified atom stereocenters. The molecule has 2 aromatic heterocycles. The van der Waals surface area contributed by atoms with Crippen LogP contribution in [-0.2, 0) is 4.74 Å². The molecule has 0 N–H and O–H groups in total. The SMILES string of the molecule is COc1ncccc1-c1csc(C2CN3CCCC3CO2)n1. The van der Waals surface area contributed by atoms with Crippen molar-refractivity contribution < 1.29 is 9.47 Å². The molecule has 0 aromatic carbocycles. The predicted molar refractivity (Wildman–Crippen MR) is 85.2 cm³/mol. The summed E-state index contributed by atoms with van der Waals surface area (Å²) in [5.74, 6) is 0.614. The van der Waals surface area contributed by atoms with Crippen LogP contribution in [0.1, 0.15) is 24.0 Å². The number of aromatic nitrogens is 2. The fraction of sp³-hybridized carbons (Fsp3) is 0.500. The van der Waals surface area contributed by atoms with E-state index in [9.17, 15) is 0 Å². The number of methoxy groups -OCH3 is 1. The summed E-state index contributed by atoms with van der Waals surface area (Å²) in [6.07, 6.45) is 4.38. The molecule has 0 amide bonds. The Hall–Kier alpha value is -1.50. The molecule has 2 aromatic rings. The maximum absolute atomic E-state index is 6.04. The summed E-state index contributed by atoms with van der Waals surface area (Å²) in [7, 11) is 1.64. The first-order valence-corrected chi connectivity index (χ1v) is 8.53. The van der Waals surface area contributed by atoms with Crippen LogP contribution in [0.4, 0.5) is 0 Å². The van der Waals surface area contributed by atoms with Gasteiger partial charge in [-0.2, -0.15) is 0 Å². The van der Waals surface area contributed by atoms with Crippen LogP contribution in [-0.4, -0.2) is 47.7 Å². The Kier molecular flexibility index (Phi) is 3.82. The van der Waals surface area contributed by atoms with Crippen LogP contribution in [0.5, 0.6) is 5.88 Å². The van der Waals surface area contributed by atoms with E-state index < -0.39 is 0 Å². The van der Waals surface area contributed by atoms with Gasteiger partial charge in [0.05, 0.1) is 25.0 Å². The van der Waals surface area contributed by atoms with Crippen molar-refractivity contribution in [3.63, 3.8) is 0 Å². The number of hydrogen-bond donors (Lipinski definition) is 0. The molecule has 0 saturated carbocycles. The molecule has 0 spiro atoms. The third kappa shape index (κ3) is 2.51. The van der Waals surface area contributed by atoms with Gasteiger partial charge in [0.25, 0.3) is 0 Å². The summed E-state index contributed by atoms with van der Waals surface area (Å²) in [6, 6.07) is 4.51. The molecular weight excluding hydrogens is 298 g/mol. The molecule has 2 aliphatic heterocycles. The van der Waals surface area contributed by atoms with Gasteiger partial charge < -0.3 is 9.47 Å². The van der Waals surface area contributed by atoms with Crippen molar-refractivity contribution in [2.45, 2.75) is 25.0 Å². The van der Waals surface area contributed by atoms with Crippen molar-refractivity contribution in [3.05, 3.63) is 28.7 Å². The molecule has 0 aliphatic carbocycles. The van der Waals surface area contributed by atoms with Crippen molar-refractivity contribution in [2.24, 2.45) is 0 Å². The zero-order chi connectivity index (χ0) is 14.9. The minimum Gasteiger partial charge on any atom is -0.481 e. The number of nitrogens with zero attached hydrogens (tertiary/aromatic N) is 3. The van der Waals surface area contributed by atoms with E-state index in [0.29, 0.717) is 11.9 Å². The second-order valence-corrected chi connectivity index (χ2v) is 6.63. The first-order chi connectivity index (χ1) is 10.8. The predicted octanol–water partition coefficient (Wildman–Crippen LogP) is 2.75. The van der Waals surface area contributed by atoms with E-state index in [1.165, 1.54) is 19.4 Å². The smallest absolute Gasteiger partial charge is 0.222 e. The van der Waals surface area contributed by atoms with Gasteiger partial charge in [-0.25, -0.2) is 9.97 Å². The molecule has 5 nitrogen and oxygen atoms in total. The molecule has 0 radical (unpaired) electrons. The molecule has 2 atom stereocenters. The molecule has 116 valence electrons. The highest BCUT2D eigenvalue weighted by atomic mass is 32.1. The van der Waals surface area contributed by atoms with Crippen molar-refractivity contribution >= 4 is 11.3 Å². The van der Waals surface area contributed by atoms with E-state index in [4.69, 9.17) is 14.5 Å². The molecule has 6 heteroatoms. The van der Waals surface area contributed by atoms with Gasteiger partial charge in [-0.15, -0.1) is 11.3 Å². The van der Waals surface area contributed by atoms with Crippen molar-refractivity contribution in [1.82, 2.24) is 14.9 Å². The highest BCUT2D eigenvalue weighted by Gasteiger charge is 2.34. The Morgan fingerprint density at radius 3 is 3.32 bits per heavy atom. The van der Waals surface area contributed by atoms with Crippen LogP contribution in [0.25, 0.3) is 11.3 Å². The molecule has 0 bridgehead atoms. The lowest BCUT2D eigenvalue weighted by molar-refractivity contribution is -0.0502. The number of rotatable bonds is 3. The second-order valence-electron chi connectivity index (χ2n) is 5.74. The number of fused-ring (bicyclic) bond motifs is 1. The van der Waals surface area contributed by atoms with Crippen molar-refractivity contribution in [2.75, 3.05) is 26.8 Å². The minimum atomic E-state index is 0.0933. The Balaban J connectivity index is 1.56. The minimum absolute atomic E-state index is 0.0933. The van der Waals surface area contributed by atoms with Crippen molar-refractivity contribution in [3.8, 4) is 17.1 Å². The fourth-order valence-electron chi connectivity index (χ4n) is 3.27. The normalized spacial score (nSPS) is 25.1. The summed E-state index contributed by atoms with van der Waals surface area (Å²) in [5, 5.41) is 3.11. The average Bonchev–Trinajstić information content (AvgIpc) is 3.23. The highest BCUT2D eigenvalue weighted by Crippen LogP contribution is 2.34. The molecule has 2 aliphatic rings. The third-order valence-corrected chi connectivity index (χ3v) is 5.36. The van der Waals surface area contributed by atoms with Crippen LogP contribution >= 0.6 is 11.3 Å². The Morgan fingerprint density at radius 1 is 1.45 bits per heavy atom. The lowest BCUT2D eigenvalue weighted by atomic mass is 10.2. The quantitative estimate of drug-likeness (QED) is 0.871. The maximum atomic E-state index is 6.04. The fourth-order valence-corrected chi connectivity index (χ4v) is 4.13. The van der Waals surface area contributed by atoms with Crippen LogP contribution in [0.15, 0.2) is 23.7 Å². The van der Waals surface area contributed by atoms with Gasteiger partial charge in [0, 0.05) is 24.2 Å². The second kappa shape index (κ2) is 5.95. The molecule has 4 rings (SSSR count). The summed E-state index contributed by atoms with van der Waals surface area (Å²) in [6.45, 7) is 2.98. The Labute approximate surface area is 133 Å². The van der Waals surface area contributed by atoms with Gasteiger partial charge in [-0.05, 0) is 31.5 Å². The van der Waals surface area contributed by atoms with E-state index in [0.717, 1.165) is 29.4 Å². The van der Waals surface area contributed by atoms with Gasteiger partial charge in [-0.1, -0.05) is 0 Å². The van der Waals surface area contributed by atoms with Crippen LogP contribution in [0.3, 0.4) is 0 Å². The number of hydrogen-bond acceptors (Lipinski definition) is 6. The first kappa shape index (κ1) is 14.1. The Bertz CT molecular complexity index is 660. The van der Waals surface area contributed by atoms with Gasteiger partial charge >= 0.3 is 0 Å². The Morgan fingerprint density at radius 2 is 2.41 bits per heavy atom. The summed E-state index contributed by atoms with van der Waals surface area (Å²) in [5.41, 5.74) is 1.85. The zero-order valence-corrected chi connectivity index (χ0v) is 13.4. The number of morpholine rings is 1. The first-order valence-electron chi connectivity index (χ1n) is 7.65. The van der Waals surface area contributed by atoms with Crippen LogP contribution in [0, 0.1) is 0 Å². The van der Waals surface area contributed by atoms with E-state index in [1.807, 2.05) is 12.1 Å². The highest BCUT2D eigenvalue weighted by molar-refractivity contribution is 7.10. The largest absolute Gasteiger partial charge is 0.481 e.